The average molecular weight is 284 g/mol. The summed E-state index contributed by atoms with van der Waals surface area (Å²) in [4.78, 5) is 14.6. The van der Waals surface area contributed by atoms with Crippen LogP contribution >= 0.6 is 0 Å². The third-order valence-corrected chi connectivity index (χ3v) is 4.00. The standard InChI is InChI=1S/C16H20N4O/c1-3-15-14(10-19(2)18-15)16(21)20-7-6-11-4-5-13(17)8-12(11)9-20/h4-5,8,10H,3,6-7,9,17H2,1-2H3. The lowest BCUT2D eigenvalue weighted by molar-refractivity contribution is 0.0733. The highest BCUT2D eigenvalue weighted by Crippen LogP contribution is 2.23. The molecule has 2 heterocycles. The Hall–Kier alpha value is -2.30. The van der Waals surface area contributed by atoms with Crippen molar-refractivity contribution in [1.29, 1.82) is 0 Å². The quantitative estimate of drug-likeness (QED) is 0.855. The molecule has 110 valence electrons. The molecule has 0 radical (unpaired) electrons. The third kappa shape index (κ3) is 2.51. The first-order valence-corrected chi connectivity index (χ1v) is 7.27. The molecule has 21 heavy (non-hydrogen) atoms. The van der Waals surface area contributed by atoms with E-state index >= 15 is 0 Å². The van der Waals surface area contributed by atoms with Crippen molar-refractivity contribution in [3.63, 3.8) is 0 Å². The molecule has 0 spiro atoms. The average Bonchev–Trinajstić information content (AvgIpc) is 2.86. The number of hydrogen-bond acceptors (Lipinski definition) is 3. The van der Waals surface area contributed by atoms with Crippen LogP contribution in [0.25, 0.3) is 0 Å². The number of aromatic nitrogens is 2. The van der Waals surface area contributed by atoms with E-state index in [1.54, 1.807) is 4.68 Å². The lowest BCUT2D eigenvalue weighted by Crippen LogP contribution is -2.36. The van der Waals surface area contributed by atoms with E-state index in [9.17, 15) is 4.79 Å². The summed E-state index contributed by atoms with van der Waals surface area (Å²) in [6.07, 6.45) is 3.46. The van der Waals surface area contributed by atoms with Crippen molar-refractivity contribution in [3.05, 3.63) is 46.8 Å². The summed E-state index contributed by atoms with van der Waals surface area (Å²) in [7, 11) is 1.85. The third-order valence-electron chi connectivity index (χ3n) is 4.00. The molecule has 0 unspecified atom stereocenters. The fourth-order valence-electron chi connectivity index (χ4n) is 2.90. The second-order valence-electron chi connectivity index (χ2n) is 5.52. The van der Waals surface area contributed by atoms with Gasteiger partial charge in [-0.15, -0.1) is 0 Å². The van der Waals surface area contributed by atoms with Crippen molar-refractivity contribution in [3.8, 4) is 0 Å². The predicted molar refractivity (Wildman–Crippen MR) is 81.9 cm³/mol. The summed E-state index contributed by atoms with van der Waals surface area (Å²) in [5.74, 6) is 0.0630. The zero-order valence-corrected chi connectivity index (χ0v) is 12.5. The molecule has 5 heteroatoms. The molecule has 1 amide bonds. The molecule has 0 fully saturated rings. The molecule has 1 aromatic heterocycles. The van der Waals surface area contributed by atoms with Gasteiger partial charge in [-0.1, -0.05) is 13.0 Å². The lowest BCUT2D eigenvalue weighted by Gasteiger charge is -2.29. The maximum atomic E-state index is 12.7. The van der Waals surface area contributed by atoms with Crippen molar-refractivity contribution in [2.75, 3.05) is 12.3 Å². The monoisotopic (exact) mass is 284 g/mol. The van der Waals surface area contributed by atoms with Crippen molar-refractivity contribution in [2.24, 2.45) is 7.05 Å². The molecule has 0 saturated heterocycles. The smallest absolute Gasteiger partial charge is 0.257 e. The maximum Gasteiger partial charge on any atom is 0.257 e. The van der Waals surface area contributed by atoms with Gasteiger partial charge in [-0.05, 0) is 36.1 Å². The van der Waals surface area contributed by atoms with Gasteiger partial charge in [-0.25, -0.2) is 0 Å². The van der Waals surface area contributed by atoms with E-state index in [1.165, 1.54) is 5.56 Å². The maximum absolute atomic E-state index is 12.7. The highest BCUT2D eigenvalue weighted by atomic mass is 16.2. The van der Waals surface area contributed by atoms with Crippen molar-refractivity contribution in [1.82, 2.24) is 14.7 Å². The Morgan fingerprint density at radius 1 is 1.38 bits per heavy atom. The Morgan fingerprint density at radius 3 is 2.95 bits per heavy atom. The summed E-state index contributed by atoms with van der Waals surface area (Å²) in [6, 6.07) is 5.96. The Labute approximate surface area is 124 Å². The number of carbonyl (C=O) groups excluding carboxylic acids is 1. The van der Waals surface area contributed by atoms with Crippen molar-refractivity contribution in [2.45, 2.75) is 26.3 Å². The van der Waals surface area contributed by atoms with Gasteiger partial charge in [0.15, 0.2) is 0 Å². The fraction of sp³-hybridized carbons (Fsp3) is 0.375. The van der Waals surface area contributed by atoms with Crippen LogP contribution in [0.4, 0.5) is 5.69 Å². The van der Waals surface area contributed by atoms with Crippen molar-refractivity contribution >= 4 is 11.6 Å². The van der Waals surface area contributed by atoms with Crippen LogP contribution in [0.15, 0.2) is 24.4 Å². The van der Waals surface area contributed by atoms with Gasteiger partial charge in [-0.2, -0.15) is 5.10 Å². The summed E-state index contributed by atoms with van der Waals surface area (Å²) in [6.45, 7) is 3.39. The molecular formula is C16H20N4O. The Balaban J connectivity index is 1.86. The van der Waals surface area contributed by atoms with Gasteiger partial charge in [0.2, 0.25) is 0 Å². The van der Waals surface area contributed by atoms with Gasteiger partial charge in [-0.3, -0.25) is 9.48 Å². The molecule has 1 aromatic carbocycles. The predicted octanol–water partition coefficient (Wildman–Crippen LogP) is 1.76. The first kappa shape index (κ1) is 13.7. The molecule has 0 aliphatic carbocycles. The molecule has 2 aromatic rings. The summed E-state index contributed by atoms with van der Waals surface area (Å²) < 4.78 is 1.71. The van der Waals surface area contributed by atoms with Crippen LogP contribution in [-0.2, 0) is 26.4 Å². The normalized spacial score (nSPS) is 14.1. The summed E-state index contributed by atoms with van der Waals surface area (Å²) >= 11 is 0. The molecule has 0 atom stereocenters. The minimum Gasteiger partial charge on any atom is -0.399 e. The second-order valence-corrected chi connectivity index (χ2v) is 5.52. The first-order valence-electron chi connectivity index (χ1n) is 7.27. The number of nitrogens with two attached hydrogens (primary N) is 1. The number of rotatable bonds is 2. The van der Waals surface area contributed by atoms with E-state index < -0.39 is 0 Å². The van der Waals surface area contributed by atoms with Crippen LogP contribution in [0.5, 0.6) is 0 Å². The van der Waals surface area contributed by atoms with Gasteiger partial charge < -0.3 is 10.6 Å². The highest BCUT2D eigenvalue weighted by Gasteiger charge is 2.24. The van der Waals surface area contributed by atoms with E-state index in [4.69, 9.17) is 5.73 Å². The molecule has 0 bridgehead atoms. The number of hydrogen-bond donors (Lipinski definition) is 1. The minimum absolute atomic E-state index is 0.0630. The molecule has 1 aliphatic rings. The van der Waals surface area contributed by atoms with Gasteiger partial charge in [0.25, 0.3) is 5.91 Å². The Kier molecular flexibility index (Phi) is 3.41. The number of benzene rings is 1. The van der Waals surface area contributed by atoms with Gasteiger partial charge in [0, 0.05) is 32.0 Å². The number of amides is 1. The number of nitrogens with zero attached hydrogens (tertiary/aromatic N) is 3. The van der Waals surface area contributed by atoms with Crippen LogP contribution in [0, 0.1) is 0 Å². The SMILES string of the molecule is CCc1nn(C)cc1C(=O)N1CCc2ccc(N)cc2C1. The van der Waals surface area contributed by atoms with Crippen LogP contribution in [0.3, 0.4) is 0 Å². The number of aryl methyl sites for hydroxylation is 2. The molecule has 0 saturated carbocycles. The largest absolute Gasteiger partial charge is 0.399 e. The van der Waals surface area contributed by atoms with Crippen LogP contribution in [0.2, 0.25) is 0 Å². The van der Waals surface area contributed by atoms with E-state index in [0.29, 0.717) is 12.1 Å². The molecule has 2 N–H and O–H groups in total. The van der Waals surface area contributed by atoms with Gasteiger partial charge >= 0.3 is 0 Å². The van der Waals surface area contributed by atoms with E-state index in [2.05, 4.69) is 11.2 Å². The molecule has 3 rings (SSSR count). The van der Waals surface area contributed by atoms with Crippen LogP contribution < -0.4 is 5.73 Å². The Bertz CT molecular complexity index is 690. The van der Waals surface area contributed by atoms with E-state index in [0.717, 1.165) is 36.3 Å². The number of nitrogen functional groups attached to an aromatic ring is 1. The number of anilines is 1. The molecular weight excluding hydrogens is 264 g/mol. The van der Waals surface area contributed by atoms with Gasteiger partial charge in [0.1, 0.15) is 0 Å². The second kappa shape index (κ2) is 5.24. The summed E-state index contributed by atoms with van der Waals surface area (Å²) in [5.41, 5.74) is 10.6. The zero-order valence-electron chi connectivity index (χ0n) is 12.5. The number of carbonyl (C=O) groups is 1. The van der Waals surface area contributed by atoms with E-state index in [-0.39, 0.29) is 5.91 Å². The first-order chi connectivity index (χ1) is 10.1. The highest BCUT2D eigenvalue weighted by molar-refractivity contribution is 5.95. The minimum atomic E-state index is 0.0630. The Morgan fingerprint density at radius 2 is 2.19 bits per heavy atom. The van der Waals surface area contributed by atoms with E-state index in [1.807, 2.05) is 37.2 Å². The number of fused-ring (bicyclic) bond motifs is 1. The summed E-state index contributed by atoms with van der Waals surface area (Å²) in [5, 5.41) is 4.35. The molecule has 5 nitrogen and oxygen atoms in total. The fourth-order valence-corrected chi connectivity index (χ4v) is 2.90. The topological polar surface area (TPSA) is 64.2 Å². The van der Waals surface area contributed by atoms with Crippen LogP contribution in [0.1, 0.15) is 34.1 Å². The zero-order chi connectivity index (χ0) is 15.0. The lowest BCUT2D eigenvalue weighted by atomic mass is 9.98. The van der Waals surface area contributed by atoms with Crippen LogP contribution in [-0.4, -0.2) is 27.1 Å². The molecule has 1 aliphatic heterocycles. The van der Waals surface area contributed by atoms with Crippen molar-refractivity contribution < 1.29 is 4.79 Å². The van der Waals surface area contributed by atoms with Gasteiger partial charge in [0.05, 0.1) is 11.3 Å².